The van der Waals surface area contributed by atoms with Crippen LogP contribution in [-0.2, 0) is 30.3 Å². The maximum Gasteiger partial charge on any atom is 0.326 e. The fourth-order valence-electron chi connectivity index (χ4n) is 5.05. The number of fused-ring (bicyclic) bond motifs is 5. The second-order valence-corrected chi connectivity index (χ2v) is 11.2. The molecule has 0 spiro atoms. The number of halogens is 3. The number of aryl methyl sites for hydroxylation is 1. The van der Waals surface area contributed by atoms with Crippen molar-refractivity contribution < 1.29 is 23.9 Å². The van der Waals surface area contributed by atoms with Crippen molar-refractivity contribution in [3.05, 3.63) is 28.2 Å². The molecule has 0 aromatic heterocycles. The summed E-state index contributed by atoms with van der Waals surface area (Å²) in [6, 6.07) is 5.49. The molecule has 166 valence electrons. The second-order valence-electron chi connectivity index (χ2n) is 8.13. The lowest BCUT2D eigenvalue weighted by molar-refractivity contribution is -0.154. The van der Waals surface area contributed by atoms with Gasteiger partial charge in [0, 0.05) is 19.8 Å². The third kappa shape index (κ3) is 4.11. The molecule has 1 aromatic rings. The van der Waals surface area contributed by atoms with Crippen molar-refractivity contribution >= 4 is 77.2 Å². The van der Waals surface area contributed by atoms with Gasteiger partial charge in [-0.15, -0.1) is 0 Å². The lowest BCUT2D eigenvalue weighted by Crippen LogP contribution is -2.38. The number of carbonyl (C=O) groups is 4. The number of ether oxygens (including phenoxy) is 1. The molecule has 3 amide bonds. The molecule has 1 saturated heterocycles. The Kier molecular flexibility index (Phi) is 6.61. The van der Waals surface area contributed by atoms with Crippen molar-refractivity contribution in [3.63, 3.8) is 0 Å². The van der Waals surface area contributed by atoms with Gasteiger partial charge in [0.05, 0.1) is 11.8 Å². The third-order valence-corrected chi connectivity index (χ3v) is 10.2. The molecule has 1 heterocycles. The minimum atomic E-state index is -0.776. The molecule has 1 aromatic carbocycles. The minimum Gasteiger partial charge on any atom is -0.454 e. The number of esters is 1. The van der Waals surface area contributed by atoms with E-state index in [1.54, 1.807) is 6.07 Å². The molecule has 6 atom stereocenters. The standard InChI is InChI=1S/C21H21Br3N2O5/c1-2-9-5-10(22)3-4-13(9)25-14(27)8-31-15(28)7-26-20(29)16-11-6-12(17(16)21(26)30)19(24)18(11)23/h3-5,11-12,16-19H,2,6-8H2,1H3,(H,25,27)/t11-,12-,16-,17-,18+,19+/m1/s1. The number of likely N-dealkylation sites (tertiary alicyclic amines) is 1. The monoisotopic (exact) mass is 618 g/mol. The SMILES string of the molecule is CCc1cc(Br)ccc1NC(=O)COC(=O)CN1C(=O)[C@@H]2[C@H]3C[C@@H]([C@H](Br)[C@H]3Br)[C@H]2C1=O. The number of rotatable bonds is 6. The number of carbonyl (C=O) groups excluding carboxylic acids is 4. The first-order valence-corrected chi connectivity index (χ1v) is 12.7. The molecule has 1 N–H and O–H groups in total. The average Bonchev–Trinajstić information content (AvgIpc) is 3.34. The Morgan fingerprint density at radius 2 is 1.74 bits per heavy atom. The fourth-order valence-corrected chi connectivity index (χ4v) is 7.33. The quantitative estimate of drug-likeness (QED) is 0.300. The molecule has 31 heavy (non-hydrogen) atoms. The van der Waals surface area contributed by atoms with Crippen LogP contribution in [0.2, 0.25) is 0 Å². The zero-order valence-electron chi connectivity index (χ0n) is 16.6. The van der Waals surface area contributed by atoms with Crippen molar-refractivity contribution in [2.45, 2.75) is 29.4 Å². The highest BCUT2D eigenvalue weighted by Crippen LogP contribution is 2.60. The Hall–Kier alpha value is -1.26. The Bertz CT molecular complexity index is 923. The van der Waals surface area contributed by atoms with Crippen LogP contribution in [0.25, 0.3) is 0 Å². The van der Waals surface area contributed by atoms with E-state index in [4.69, 9.17) is 4.74 Å². The van der Waals surface area contributed by atoms with Crippen LogP contribution in [0.1, 0.15) is 18.9 Å². The summed E-state index contributed by atoms with van der Waals surface area (Å²) in [5.41, 5.74) is 1.59. The van der Waals surface area contributed by atoms with Gasteiger partial charge in [-0.2, -0.15) is 0 Å². The lowest BCUT2D eigenvalue weighted by atomic mass is 9.81. The van der Waals surface area contributed by atoms with Crippen LogP contribution in [0.5, 0.6) is 0 Å². The van der Waals surface area contributed by atoms with Crippen LogP contribution >= 0.6 is 47.8 Å². The second kappa shape index (κ2) is 8.94. The molecule has 7 nitrogen and oxygen atoms in total. The average molecular weight is 621 g/mol. The number of hydrogen-bond acceptors (Lipinski definition) is 5. The topological polar surface area (TPSA) is 92.8 Å². The van der Waals surface area contributed by atoms with E-state index in [1.165, 1.54) is 0 Å². The van der Waals surface area contributed by atoms with Crippen molar-refractivity contribution in [2.24, 2.45) is 23.7 Å². The number of amides is 3. The van der Waals surface area contributed by atoms with Crippen LogP contribution < -0.4 is 5.32 Å². The van der Waals surface area contributed by atoms with Crippen molar-refractivity contribution in [2.75, 3.05) is 18.5 Å². The van der Waals surface area contributed by atoms with E-state index in [0.717, 1.165) is 27.8 Å². The maximum atomic E-state index is 12.8. The minimum absolute atomic E-state index is 0.0845. The number of hydrogen-bond donors (Lipinski definition) is 1. The van der Waals surface area contributed by atoms with Gasteiger partial charge in [0.2, 0.25) is 11.8 Å². The van der Waals surface area contributed by atoms with E-state index >= 15 is 0 Å². The molecule has 10 heteroatoms. The Morgan fingerprint density at radius 3 is 2.32 bits per heavy atom. The van der Waals surface area contributed by atoms with Crippen LogP contribution in [0.15, 0.2) is 22.7 Å². The molecule has 2 saturated carbocycles. The van der Waals surface area contributed by atoms with Gasteiger partial charge in [-0.1, -0.05) is 54.7 Å². The van der Waals surface area contributed by atoms with E-state index in [1.807, 2.05) is 19.1 Å². The van der Waals surface area contributed by atoms with Gasteiger partial charge < -0.3 is 10.1 Å². The molecule has 3 aliphatic rings. The van der Waals surface area contributed by atoms with Gasteiger partial charge in [-0.05, 0) is 48.4 Å². The van der Waals surface area contributed by atoms with Crippen molar-refractivity contribution in [3.8, 4) is 0 Å². The Morgan fingerprint density at radius 1 is 1.13 bits per heavy atom. The third-order valence-electron chi connectivity index (χ3n) is 6.45. The smallest absolute Gasteiger partial charge is 0.326 e. The highest BCUT2D eigenvalue weighted by atomic mass is 79.9. The number of imide groups is 1. The van der Waals surface area contributed by atoms with Gasteiger partial charge in [0.25, 0.3) is 5.91 Å². The van der Waals surface area contributed by atoms with Gasteiger partial charge in [-0.3, -0.25) is 24.1 Å². The summed E-state index contributed by atoms with van der Waals surface area (Å²) >= 11 is 10.7. The fraction of sp³-hybridized carbons (Fsp3) is 0.524. The zero-order chi connectivity index (χ0) is 22.4. The number of anilines is 1. The van der Waals surface area contributed by atoms with E-state index in [9.17, 15) is 19.2 Å². The molecule has 2 bridgehead atoms. The van der Waals surface area contributed by atoms with E-state index in [2.05, 4.69) is 53.1 Å². The van der Waals surface area contributed by atoms with Crippen LogP contribution in [0.4, 0.5) is 5.69 Å². The molecule has 3 fully saturated rings. The van der Waals surface area contributed by atoms with Gasteiger partial charge >= 0.3 is 5.97 Å². The molecule has 2 aliphatic carbocycles. The first-order chi connectivity index (χ1) is 14.7. The summed E-state index contributed by atoms with van der Waals surface area (Å²) < 4.78 is 5.95. The molecular weight excluding hydrogens is 600 g/mol. The number of benzene rings is 1. The summed E-state index contributed by atoms with van der Waals surface area (Å²) in [6.07, 6.45) is 1.55. The number of nitrogens with one attached hydrogen (secondary N) is 1. The lowest BCUT2D eigenvalue weighted by Gasteiger charge is -2.28. The normalized spacial score (nSPS) is 31.2. The predicted octanol–water partition coefficient (Wildman–Crippen LogP) is 3.27. The molecule has 0 radical (unpaired) electrons. The first-order valence-electron chi connectivity index (χ1n) is 10.1. The highest BCUT2D eigenvalue weighted by Gasteiger charge is 2.66. The summed E-state index contributed by atoms with van der Waals surface area (Å²) in [5, 5.41) is 2.72. The van der Waals surface area contributed by atoms with E-state index in [-0.39, 0.29) is 45.1 Å². The number of alkyl halides is 2. The molecule has 4 rings (SSSR count). The van der Waals surface area contributed by atoms with Gasteiger partial charge in [0.15, 0.2) is 6.61 Å². The van der Waals surface area contributed by atoms with E-state index < -0.39 is 25.0 Å². The van der Waals surface area contributed by atoms with E-state index in [0.29, 0.717) is 5.69 Å². The van der Waals surface area contributed by atoms with Crippen molar-refractivity contribution in [1.29, 1.82) is 0 Å². The number of nitrogens with zero attached hydrogens (tertiary/aromatic N) is 1. The summed E-state index contributed by atoms with van der Waals surface area (Å²) in [4.78, 5) is 51.4. The van der Waals surface area contributed by atoms with Gasteiger partial charge in [-0.25, -0.2) is 0 Å². The van der Waals surface area contributed by atoms with Crippen LogP contribution in [-0.4, -0.2) is 51.4 Å². The first kappa shape index (κ1) is 22.9. The summed E-state index contributed by atoms with van der Waals surface area (Å²) in [5.74, 6) is -2.47. The van der Waals surface area contributed by atoms with Crippen LogP contribution in [0, 0.1) is 23.7 Å². The predicted molar refractivity (Wildman–Crippen MR) is 124 cm³/mol. The van der Waals surface area contributed by atoms with Crippen LogP contribution in [0.3, 0.4) is 0 Å². The molecular formula is C21H21Br3N2O5. The summed E-state index contributed by atoms with van der Waals surface area (Å²) in [6.45, 7) is 1.02. The summed E-state index contributed by atoms with van der Waals surface area (Å²) in [7, 11) is 0. The van der Waals surface area contributed by atoms with Gasteiger partial charge in [0.1, 0.15) is 6.54 Å². The van der Waals surface area contributed by atoms with Crippen molar-refractivity contribution in [1.82, 2.24) is 4.90 Å². The highest BCUT2D eigenvalue weighted by molar-refractivity contribution is 9.12. The molecule has 0 unspecified atom stereocenters. The Labute approximate surface area is 205 Å². The molecule has 1 aliphatic heterocycles. The largest absolute Gasteiger partial charge is 0.454 e. The maximum absolute atomic E-state index is 12.8. The zero-order valence-corrected chi connectivity index (χ0v) is 21.4. The Balaban J connectivity index is 1.32.